The van der Waals surface area contributed by atoms with Gasteiger partial charge in [0.2, 0.25) is 0 Å². The highest BCUT2D eigenvalue weighted by Gasteiger charge is 2.12. The standard InChI is InChI=1S/C22H35NO2/c1-7-19(6)23(13-17(4)10-16(2)3)9-8-20-12-22(15-25)21(14-24)11-18(20)5/h11-12,16,24-25H,4,6-10,13-15H2,1-3,5H3. The highest BCUT2D eigenvalue weighted by molar-refractivity contribution is 5.37. The number of nitrogens with zero attached hydrogens (tertiary/aromatic N) is 1. The van der Waals surface area contributed by atoms with Gasteiger partial charge in [-0.3, -0.25) is 0 Å². The fourth-order valence-corrected chi connectivity index (χ4v) is 3.17. The average Bonchev–Trinajstić information content (AvgIpc) is 2.57. The zero-order valence-corrected chi connectivity index (χ0v) is 16.4. The van der Waals surface area contributed by atoms with Crippen molar-refractivity contribution in [3.05, 3.63) is 58.8 Å². The number of aliphatic hydroxyl groups excluding tert-OH is 2. The molecule has 0 heterocycles. The Kier molecular flexibility index (Phi) is 8.95. The number of hydrogen-bond acceptors (Lipinski definition) is 3. The molecule has 2 N–H and O–H groups in total. The average molecular weight is 346 g/mol. The van der Waals surface area contributed by atoms with E-state index in [4.69, 9.17) is 0 Å². The summed E-state index contributed by atoms with van der Waals surface area (Å²) in [4.78, 5) is 2.32. The molecule has 0 fully saturated rings. The Labute approximate surface area is 153 Å². The summed E-state index contributed by atoms with van der Waals surface area (Å²) in [5.74, 6) is 0.615. The second-order valence-electron chi connectivity index (χ2n) is 7.30. The lowest BCUT2D eigenvalue weighted by atomic mass is 9.97. The molecule has 0 atom stereocenters. The third-order valence-electron chi connectivity index (χ3n) is 4.62. The van der Waals surface area contributed by atoms with Gasteiger partial charge in [-0.05, 0) is 54.4 Å². The summed E-state index contributed by atoms with van der Waals surface area (Å²) in [6, 6.07) is 4.01. The van der Waals surface area contributed by atoms with E-state index in [1.54, 1.807) is 0 Å². The Morgan fingerprint density at radius 2 is 1.68 bits per heavy atom. The van der Waals surface area contributed by atoms with Gasteiger partial charge in [0.25, 0.3) is 0 Å². The van der Waals surface area contributed by atoms with Gasteiger partial charge in [0, 0.05) is 18.8 Å². The van der Waals surface area contributed by atoms with Crippen LogP contribution >= 0.6 is 0 Å². The molecule has 0 amide bonds. The molecule has 3 heteroatoms. The smallest absolute Gasteiger partial charge is 0.0685 e. The minimum absolute atomic E-state index is 0.0369. The van der Waals surface area contributed by atoms with Gasteiger partial charge in [0.05, 0.1) is 13.2 Å². The molecule has 1 aromatic carbocycles. The predicted octanol–water partition coefficient (Wildman–Crippen LogP) is 4.35. The maximum Gasteiger partial charge on any atom is 0.0685 e. The third kappa shape index (κ3) is 6.68. The van der Waals surface area contributed by atoms with E-state index in [1.807, 2.05) is 12.1 Å². The molecular weight excluding hydrogens is 310 g/mol. The van der Waals surface area contributed by atoms with Crippen LogP contribution in [0.15, 0.2) is 36.6 Å². The predicted molar refractivity (Wildman–Crippen MR) is 106 cm³/mol. The van der Waals surface area contributed by atoms with Crippen molar-refractivity contribution in [3.63, 3.8) is 0 Å². The van der Waals surface area contributed by atoms with Gasteiger partial charge < -0.3 is 15.1 Å². The van der Waals surface area contributed by atoms with Crippen LogP contribution in [0.25, 0.3) is 0 Å². The summed E-state index contributed by atoms with van der Waals surface area (Å²) in [5, 5.41) is 18.9. The van der Waals surface area contributed by atoms with Crippen LogP contribution in [0.5, 0.6) is 0 Å². The van der Waals surface area contributed by atoms with Crippen LogP contribution in [0.3, 0.4) is 0 Å². The Balaban J connectivity index is 2.85. The fraction of sp³-hybridized carbons (Fsp3) is 0.545. The molecule has 0 aromatic heterocycles. The lowest BCUT2D eigenvalue weighted by Crippen LogP contribution is -2.27. The molecule has 25 heavy (non-hydrogen) atoms. The van der Waals surface area contributed by atoms with Gasteiger partial charge in [-0.25, -0.2) is 0 Å². The molecule has 0 aliphatic carbocycles. The number of aryl methyl sites for hydroxylation is 1. The Hall–Kier alpha value is -1.58. The molecule has 3 nitrogen and oxygen atoms in total. The van der Waals surface area contributed by atoms with Crippen molar-refractivity contribution in [2.45, 2.75) is 60.2 Å². The Morgan fingerprint density at radius 3 is 2.20 bits per heavy atom. The topological polar surface area (TPSA) is 43.7 Å². The second-order valence-corrected chi connectivity index (χ2v) is 7.30. The van der Waals surface area contributed by atoms with Gasteiger partial charge in [0.15, 0.2) is 0 Å². The van der Waals surface area contributed by atoms with Crippen LogP contribution in [0.1, 0.15) is 55.9 Å². The van der Waals surface area contributed by atoms with E-state index in [-0.39, 0.29) is 13.2 Å². The summed E-state index contributed by atoms with van der Waals surface area (Å²) in [7, 11) is 0. The zero-order valence-electron chi connectivity index (χ0n) is 16.4. The van der Waals surface area contributed by atoms with Crippen LogP contribution < -0.4 is 0 Å². The van der Waals surface area contributed by atoms with Crippen molar-refractivity contribution >= 4 is 0 Å². The van der Waals surface area contributed by atoms with E-state index in [0.717, 1.165) is 54.7 Å². The van der Waals surface area contributed by atoms with E-state index in [0.29, 0.717) is 5.92 Å². The van der Waals surface area contributed by atoms with Crippen LogP contribution in [0.4, 0.5) is 0 Å². The molecular formula is C22H35NO2. The van der Waals surface area contributed by atoms with Crippen molar-refractivity contribution < 1.29 is 10.2 Å². The first-order chi connectivity index (χ1) is 11.8. The third-order valence-corrected chi connectivity index (χ3v) is 4.62. The fourth-order valence-electron chi connectivity index (χ4n) is 3.17. The number of hydrogen-bond donors (Lipinski definition) is 2. The van der Waals surface area contributed by atoms with Gasteiger partial charge in [0.1, 0.15) is 0 Å². The van der Waals surface area contributed by atoms with Gasteiger partial charge in [-0.15, -0.1) is 0 Å². The minimum atomic E-state index is -0.0419. The normalized spacial score (nSPS) is 11.0. The largest absolute Gasteiger partial charge is 0.392 e. The first-order valence-electron chi connectivity index (χ1n) is 9.24. The SMILES string of the molecule is C=C(CC(C)C)CN(CCc1cc(CO)c(CO)cc1C)C(=C)CC. The van der Waals surface area contributed by atoms with Crippen LogP contribution in [0.2, 0.25) is 0 Å². The lowest BCUT2D eigenvalue weighted by molar-refractivity contribution is 0.259. The van der Waals surface area contributed by atoms with Crippen molar-refractivity contribution in [2.75, 3.05) is 13.1 Å². The molecule has 0 radical (unpaired) electrons. The zero-order chi connectivity index (χ0) is 19.0. The highest BCUT2D eigenvalue weighted by atomic mass is 16.3. The molecule has 0 saturated heterocycles. The first kappa shape index (κ1) is 21.5. The second kappa shape index (κ2) is 10.4. The van der Waals surface area contributed by atoms with Crippen molar-refractivity contribution in [3.8, 4) is 0 Å². The molecule has 0 aliphatic rings. The summed E-state index contributed by atoms with van der Waals surface area (Å²) in [6.07, 6.45) is 2.85. The van der Waals surface area contributed by atoms with E-state index < -0.39 is 0 Å². The molecule has 0 aliphatic heterocycles. The number of allylic oxidation sites excluding steroid dienone is 1. The summed E-state index contributed by atoms with van der Waals surface area (Å²) < 4.78 is 0. The molecule has 140 valence electrons. The van der Waals surface area contributed by atoms with Crippen LogP contribution in [-0.2, 0) is 19.6 Å². The molecule has 0 spiro atoms. The van der Waals surface area contributed by atoms with Gasteiger partial charge in [-0.1, -0.05) is 51.6 Å². The summed E-state index contributed by atoms with van der Waals surface area (Å²) >= 11 is 0. The maximum absolute atomic E-state index is 9.52. The van der Waals surface area contributed by atoms with Gasteiger partial charge >= 0.3 is 0 Å². The number of benzene rings is 1. The van der Waals surface area contributed by atoms with E-state index in [1.165, 1.54) is 11.1 Å². The van der Waals surface area contributed by atoms with E-state index in [2.05, 4.69) is 45.8 Å². The number of rotatable bonds is 11. The number of aliphatic hydroxyl groups is 2. The maximum atomic E-state index is 9.52. The van der Waals surface area contributed by atoms with Crippen LogP contribution in [-0.4, -0.2) is 28.2 Å². The molecule has 0 unspecified atom stereocenters. The highest BCUT2D eigenvalue weighted by Crippen LogP contribution is 2.20. The first-order valence-corrected chi connectivity index (χ1v) is 9.24. The quantitative estimate of drug-likeness (QED) is 0.586. The Bertz CT molecular complexity index is 590. The van der Waals surface area contributed by atoms with Gasteiger partial charge in [-0.2, -0.15) is 0 Å². The summed E-state index contributed by atoms with van der Waals surface area (Å²) in [5.41, 5.74) is 6.37. The lowest BCUT2D eigenvalue weighted by Gasteiger charge is -2.28. The molecule has 0 bridgehead atoms. The molecule has 0 saturated carbocycles. The van der Waals surface area contributed by atoms with Crippen molar-refractivity contribution in [2.24, 2.45) is 5.92 Å². The molecule has 1 aromatic rings. The minimum Gasteiger partial charge on any atom is -0.392 e. The van der Waals surface area contributed by atoms with E-state index >= 15 is 0 Å². The van der Waals surface area contributed by atoms with Crippen molar-refractivity contribution in [1.82, 2.24) is 4.90 Å². The monoisotopic (exact) mass is 345 g/mol. The van der Waals surface area contributed by atoms with E-state index in [9.17, 15) is 10.2 Å². The van der Waals surface area contributed by atoms with Crippen molar-refractivity contribution in [1.29, 1.82) is 0 Å². The Morgan fingerprint density at radius 1 is 1.08 bits per heavy atom. The molecule has 1 rings (SSSR count). The summed E-state index contributed by atoms with van der Waals surface area (Å²) in [6.45, 7) is 18.7. The van der Waals surface area contributed by atoms with Crippen LogP contribution in [0, 0.1) is 12.8 Å².